The van der Waals surface area contributed by atoms with Crippen LogP contribution in [0.25, 0.3) is 0 Å². The molecule has 1 fully saturated rings. The zero-order chi connectivity index (χ0) is 14.2. The smallest absolute Gasteiger partial charge is 0.220 e. The minimum Gasteiger partial charge on any atom is -0.494 e. The van der Waals surface area contributed by atoms with Crippen LogP contribution in [0.1, 0.15) is 38.2 Å². The van der Waals surface area contributed by atoms with E-state index >= 15 is 0 Å². The quantitative estimate of drug-likeness (QED) is 0.680. The summed E-state index contributed by atoms with van der Waals surface area (Å²) in [5.74, 6) is 1.10. The number of benzene rings is 1. The first-order valence-corrected chi connectivity index (χ1v) is 7.49. The fourth-order valence-electron chi connectivity index (χ4n) is 2.00. The maximum atomic E-state index is 11.5. The molecule has 1 aliphatic rings. The maximum Gasteiger partial charge on any atom is 0.220 e. The van der Waals surface area contributed by atoms with Crippen molar-refractivity contribution < 1.29 is 9.53 Å². The number of carbonyl (C=O) groups is 1. The predicted octanol–water partition coefficient (Wildman–Crippen LogP) is 2.23. The molecule has 0 aromatic heterocycles. The van der Waals surface area contributed by atoms with E-state index in [1.165, 1.54) is 5.56 Å². The summed E-state index contributed by atoms with van der Waals surface area (Å²) in [5.41, 5.74) is 1.23. The van der Waals surface area contributed by atoms with Crippen molar-refractivity contribution >= 4 is 5.91 Å². The van der Waals surface area contributed by atoms with Gasteiger partial charge < -0.3 is 15.4 Å². The van der Waals surface area contributed by atoms with E-state index in [0.29, 0.717) is 19.1 Å². The molecule has 2 N–H and O–H groups in total. The van der Waals surface area contributed by atoms with Crippen molar-refractivity contribution in [3.8, 4) is 5.75 Å². The van der Waals surface area contributed by atoms with Crippen LogP contribution in [0, 0.1) is 0 Å². The Morgan fingerprint density at radius 3 is 2.70 bits per heavy atom. The van der Waals surface area contributed by atoms with Crippen LogP contribution in [0.3, 0.4) is 0 Å². The average molecular weight is 276 g/mol. The first-order valence-electron chi connectivity index (χ1n) is 7.49. The van der Waals surface area contributed by atoms with E-state index in [1.54, 1.807) is 0 Å². The molecule has 0 unspecified atom stereocenters. The standard InChI is InChI=1S/C16H24N2O2/c1-2-20-15-9-5-13(6-10-15)12-17-11-3-4-16(19)18-14-7-8-14/h5-6,9-10,14,17H,2-4,7-8,11-12H2,1H3,(H,18,19). The van der Waals surface area contributed by atoms with Crippen LogP contribution in [-0.4, -0.2) is 25.1 Å². The van der Waals surface area contributed by atoms with Gasteiger partial charge in [0.25, 0.3) is 0 Å². The minimum atomic E-state index is 0.190. The molecule has 0 spiro atoms. The molecular formula is C16H24N2O2. The summed E-state index contributed by atoms with van der Waals surface area (Å²) in [6, 6.07) is 8.59. The topological polar surface area (TPSA) is 50.4 Å². The van der Waals surface area contributed by atoms with Gasteiger partial charge in [-0.3, -0.25) is 4.79 Å². The van der Waals surface area contributed by atoms with Gasteiger partial charge in [0.05, 0.1) is 6.61 Å². The van der Waals surface area contributed by atoms with Gasteiger partial charge >= 0.3 is 0 Å². The van der Waals surface area contributed by atoms with E-state index in [0.717, 1.165) is 38.1 Å². The molecule has 0 heterocycles. The lowest BCUT2D eigenvalue weighted by Gasteiger charge is -2.07. The van der Waals surface area contributed by atoms with Gasteiger partial charge in [0, 0.05) is 19.0 Å². The number of amides is 1. The van der Waals surface area contributed by atoms with Crippen LogP contribution in [0.5, 0.6) is 5.75 Å². The number of carbonyl (C=O) groups excluding carboxylic acids is 1. The van der Waals surface area contributed by atoms with Gasteiger partial charge in [-0.2, -0.15) is 0 Å². The molecule has 110 valence electrons. The lowest BCUT2D eigenvalue weighted by Crippen LogP contribution is -2.26. The summed E-state index contributed by atoms with van der Waals surface area (Å²) in [4.78, 5) is 11.5. The summed E-state index contributed by atoms with van der Waals surface area (Å²) < 4.78 is 5.40. The third kappa shape index (κ3) is 5.61. The van der Waals surface area contributed by atoms with Gasteiger partial charge in [0.1, 0.15) is 5.75 Å². The van der Waals surface area contributed by atoms with E-state index in [2.05, 4.69) is 22.8 Å². The number of rotatable bonds is 9. The maximum absolute atomic E-state index is 11.5. The second kappa shape index (κ2) is 7.90. The summed E-state index contributed by atoms with van der Waals surface area (Å²) in [6.07, 6.45) is 3.81. The monoisotopic (exact) mass is 276 g/mol. The highest BCUT2D eigenvalue weighted by Gasteiger charge is 2.22. The Kier molecular flexibility index (Phi) is 5.87. The Labute approximate surface area is 120 Å². The molecule has 0 aliphatic heterocycles. The largest absolute Gasteiger partial charge is 0.494 e. The lowest BCUT2D eigenvalue weighted by atomic mass is 10.2. The van der Waals surface area contributed by atoms with Gasteiger partial charge in [-0.05, 0) is 50.4 Å². The SMILES string of the molecule is CCOc1ccc(CNCCCC(=O)NC2CC2)cc1. The fraction of sp³-hybridized carbons (Fsp3) is 0.562. The highest BCUT2D eigenvalue weighted by molar-refractivity contribution is 5.76. The van der Waals surface area contributed by atoms with Gasteiger partial charge in [-0.15, -0.1) is 0 Å². The molecule has 1 amide bonds. The van der Waals surface area contributed by atoms with Crippen molar-refractivity contribution in [2.45, 2.75) is 45.2 Å². The van der Waals surface area contributed by atoms with Crippen molar-refractivity contribution in [3.05, 3.63) is 29.8 Å². The molecule has 1 aromatic carbocycles. The molecule has 0 bridgehead atoms. The zero-order valence-corrected chi connectivity index (χ0v) is 12.2. The van der Waals surface area contributed by atoms with Gasteiger partial charge in [-0.1, -0.05) is 12.1 Å². The van der Waals surface area contributed by atoms with E-state index in [4.69, 9.17) is 4.74 Å². The van der Waals surface area contributed by atoms with Crippen LogP contribution >= 0.6 is 0 Å². The van der Waals surface area contributed by atoms with Crippen molar-refractivity contribution in [3.63, 3.8) is 0 Å². The third-order valence-electron chi connectivity index (χ3n) is 3.26. The number of nitrogens with one attached hydrogen (secondary N) is 2. The van der Waals surface area contributed by atoms with Crippen LogP contribution in [0.2, 0.25) is 0 Å². The molecule has 0 radical (unpaired) electrons. The van der Waals surface area contributed by atoms with Crippen LogP contribution in [-0.2, 0) is 11.3 Å². The van der Waals surface area contributed by atoms with E-state index < -0.39 is 0 Å². The Balaban J connectivity index is 1.54. The van der Waals surface area contributed by atoms with Crippen LogP contribution < -0.4 is 15.4 Å². The summed E-state index contributed by atoms with van der Waals surface area (Å²) in [5, 5.41) is 6.36. The van der Waals surface area contributed by atoms with Crippen molar-refractivity contribution in [1.82, 2.24) is 10.6 Å². The number of ether oxygens (including phenoxy) is 1. The molecule has 0 saturated heterocycles. The zero-order valence-electron chi connectivity index (χ0n) is 12.2. The summed E-state index contributed by atoms with van der Waals surface area (Å²) in [7, 11) is 0. The van der Waals surface area contributed by atoms with E-state index in [-0.39, 0.29) is 5.91 Å². The molecule has 1 aromatic rings. The number of hydrogen-bond donors (Lipinski definition) is 2. The number of hydrogen-bond acceptors (Lipinski definition) is 3. The normalized spacial score (nSPS) is 14.1. The predicted molar refractivity (Wildman–Crippen MR) is 79.7 cm³/mol. The van der Waals surface area contributed by atoms with Gasteiger partial charge in [0.2, 0.25) is 5.91 Å². The molecule has 1 aliphatic carbocycles. The molecule has 4 nitrogen and oxygen atoms in total. The van der Waals surface area contributed by atoms with Crippen molar-refractivity contribution in [2.75, 3.05) is 13.2 Å². The lowest BCUT2D eigenvalue weighted by molar-refractivity contribution is -0.121. The average Bonchev–Trinajstić information content (AvgIpc) is 3.24. The molecule has 20 heavy (non-hydrogen) atoms. The Bertz CT molecular complexity index is 413. The van der Waals surface area contributed by atoms with Crippen LogP contribution in [0.4, 0.5) is 0 Å². The van der Waals surface area contributed by atoms with E-state index in [1.807, 2.05) is 19.1 Å². The first kappa shape index (κ1) is 14.9. The highest BCUT2D eigenvalue weighted by atomic mass is 16.5. The summed E-state index contributed by atoms with van der Waals surface area (Å²) >= 11 is 0. The van der Waals surface area contributed by atoms with Gasteiger partial charge in [0.15, 0.2) is 0 Å². The highest BCUT2D eigenvalue weighted by Crippen LogP contribution is 2.18. The Morgan fingerprint density at radius 2 is 2.05 bits per heavy atom. The van der Waals surface area contributed by atoms with E-state index in [9.17, 15) is 4.79 Å². The minimum absolute atomic E-state index is 0.190. The van der Waals surface area contributed by atoms with Gasteiger partial charge in [-0.25, -0.2) is 0 Å². The molecule has 0 atom stereocenters. The molecular weight excluding hydrogens is 252 g/mol. The second-order valence-electron chi connectivity index (χ2n) is 5.20. The second-order valence-corrected chi connectivity index (χ2v) is 5.20. The summed E-state index contributed by atoms with van der Waals surface area (Å²) in [6.45, 7) is 4.37. The Hall–Kier alpha value is -1.55. The fourth-order valence-corrected chi connectivity index (χ4v) is 2.00. The molecule has 1 saturated carbocycles. The van der Waals surface area contributed by atoms with Crippen molar-refractivity contribution in [1.29, 1.82) is 0 Å². The Morgan fingerprint density at radius 1 is 1.30 bits per heavy atom. The molecule has 2 rings (SSSR count). The molecule has 4 heteroatoms. The van der Waals surface area contributed by atoms with Crippen molar-refractivity contribution in [2.24, 2.45) is 0 Å². The third-order valence-corrected chi connectivity index (χ3v) is 3.26. The van der Waals surface area contributed by atoms with Crippen LogP contribution in [0.15, 0.2) is 24.3 Å². The first-order chi connectivity index (χ1) is 9.78.